The van der Waals surface area contributed by atoms with E-state index < -0.39 is 5.41 Å². The maximum absolute atomic E-state index is 13.2. The summed E-state index contributed by atoms with van der Waals surface area (Å²) in [6.07, 6.45) is 0.801. The van der Waals surface area contributed by atoms with E-state index in [1.807, 2.05) is 12.1 Å². The molecule has 150 valence electrons. The molecule has 3 N–H and O–H groups in total. The van der Waals surface area contributed by atoms with Gasteiger partial charge in [0.2, 0.25) is 5.91 Å². The average Bonchev–Trinajstić information content (AvgIpc) is 2.97. The molecule has 1 heterocycles. The molecule has 3 rings (SSSR count). The van der Waals surface area contributed by atoms with Crippen molar-refractivity contribution >= 4 is 29.2 Å². The Morgan fingerprint density at radius 1 is 1.14 bits per heavy atom. The highest BCUT2D eigenvalue weighted by atomic mass is 16.5. The second kappa shape index (κ2) is 7.87. The van der Waals surface area contributed by atoms with Crippen molar-refractivity contribution in [3.63, 3.8) is 0 Å². The van der Waals surface area contributed by atoms with Gasteiger partial charge in [-0.1, -0.05) is 24.3 Å². The van der Waals surface area contributed by atoms with E-state index in [2.05, 4.69) is 4.74 Å². The van der Waals surface area contributed by atoms with Crippen LogP contribution in [0.5, 0.6) is 0 Å². The summed E-state index contributed by atoms with van der Waals surface area (Å²) in [5.41, 5.74) is 6.90. The number of carbonyl (C=O) groups excluding carboxylic acids is 3. The number of ether oxygens (including phenoxy) is 1. The summed E-state index contributed by atoms with van der Waals surface area (Å²) < 4.78 is 4.64. The Balaban J connectivity index is 1.82. The minimum Gasteiger partial charge on any atom is -0.469 e. The Labute approximate surface area is 169 Å². The number of benzene rings is 2. The second-order valence-corrected chi connectivity index (χ2v) is 7.17. The van der Waals surface area contributed by atoms with Crippen LogP contribution < -0.4 is 10.6 Å². The number of esters is 1. The minimum atomic E-state index is -1.26. The monoisotopic (exact) mass is 393 g/mol. The van der Waals surface area contributed by atoms with Crippen LogP contribution in [-0.4, -0.2) is 37.1 Å². The molecule has 0 aliphatic carbocycles. The molecule has 2 aromatic rings. The zero-order valence-corrected chi connectivity index (χ0v) is 16.4. The Bertz CT molecular complexity index is 967. The van der Waals surface area contributed by atoms with Gasteiger partial charge in [0.1, 0.15) is 11.3 Å². The van der Waals surface area contributed by atoms with Crippen LogP contribution in [0, 0.1) is 5.41 Å². The van der Waals surface area contributed by atoms with Gasteiger partial charge in [-0.15, -0.1) is 0 Å². The highest BCUT2D eigenvalue weighted by Gasteiger charge is 2.51. The van der Waals surface area contributed by atoms with Crippen LogP contribution in [0.2, 0.25) is 0 Å². The SMILES string of the molecule is COC(=O)CCc1ccc(C2(C)C(=O)CN(c3ccc(C(=N)N)cc3)C2=O)cc1. The van der Waals surface area contributed by atoms with Crippen LogP contribution in [0.3, 0.4) is 0 Å². The summed E-state index contributed by atoms with van der Waals surface area (Å²) in [5, 5.41) is 7.46. The number of nitrogens with one attached hydrogen (secondary N) is 1. The fourth-order valence-corrected chi connectivity index (χ4v) is 3.43. The van der Waals surface area contributed by atoms with E-state index in [0.717, 1.165) is 5.56 Å². The Morgan fingerprint density at radius 3 is 2.31 bits per heavy atom. The number of rotatable bonds is 6. The van der Waals surface area contributed by atoms with Crippen molar-refractivity contribution in [2.24, 2.45) is 5.73 Å². The van der Waals surface area contributed by atoms with Gasteiger partial charge in [-0.2, -0.15) is 0 Å². The van der Waals surface area contributed by atoms with Crippen LogP contribution >= 0.6 is 0 Å². The normalized spacial score (nSPS) is 18.8. The van der Waals surface area contributed by atoms with E-state index in [0.29, 0.717) is 23.2 Å². The lowest BCUT2D eigenvalue weighted by Gasteiger charge is -2.23. The van der Waals surface area contributed by atoms with E-state index in [1.54, 1.807) is 43.3 Å². The summed E-state index contributed by atoms with van der Waals surface area (Å²) in [5.74, 6) is -0.813. The van der Waals surface area contributed by atoms with Gasteiger partial charge in [0.05, 0.1) is 13.7 Å². The maximum Gasteiger partial charge on any atom is 0.305 e. The fourth-order valence-electron chi connectivity index (χ4n) is 3.43. The third kappa shape index (κ3) is 3.76. The van der Waals surface area contributed by atoms with E-state index in [1.165, 1.54) is 12.0 Å². The van der Waals surface area contributed by atoms with Crippen molar-refractivity contribution in [1.29, 1.82) is 5.41 Å². The van der Waals surface area contributed by atoms with Crippen LogP contribution in [-0.2, 0) is 31.0 Å². The van der Waals surface area contributed by atoms with Crippen molar-refractivity contribution < 1.29 is 19.1 Å². The fraction of sp³-hybridized carbons (Fsp3) is 0.273. The molecule has 1 amide bonds. The average molecular weight is 393 g/mol. The van der Waals surface area contributed by atoms with Crippen molar-refractivity contribution in [3.8, 4) is 0 Å². The molecule has 29 heavy (non-hydrogen) atoms. The van der Waals surface area contributed by atoms with Crippen molar-refractivity contribution in [3.05, 3.63) is 65.2 Å². The molecule has 0 spiro atoms. The first-order valence-corrected chi connectivity index (χ1v) is 9.23. The summed E-state index contributed by atoms with van der Waals surface area (Å²) in [6.45, 7) is 1.63. The zero-order chi connectivity index (χ0) is 21.2. The Kier molecular flexibility index (Phi) is 5.50. The molecule has 0 radical (unpaired) electrons. The molecule has 1 atom stereocenters. The van der Waals surface area contributed by atoms with E-state index in [4.69, 9.17) is 11.1 Å². The summed E-state index contributed by atoms with van der Waals surface area (Å²) in [4.78, 5) is 38.7. The number of nitrogens with zero attached hydrogens (tertiary/aromatic N) is 1. The molecule has 1 unspecified atom stereocenters. The number of aryl methyl sites for hydroxylation is 1. The summed E-state index contributed by atoms with van der Waals surface area (Å²) in [7, 11) is 1.35. The van der Waals surface area contributed by atoms with Gasteiger partial charge in [-0.3, -0.25) is 19.8 Å². The van der Waals surface area contributed by atoms with Gasteiger partial charge in [-0.25, -0.2) is 0 Å². The van der Waals surface area contributed by atoms with E-state index >= 15 is 0 Å². The molecular weight excluding hydrogens is 370 g/mol. The third-order valence-electron chi connectivity index (χ3n) is 5.40. The molecule has 0 bridgehead atoms. The molecular formula is C22H23N3O4. The summed E-state index contributed by atoms with van der Waals surface area (Å²) in [6, 6.07) is 13.9. The zero-order valence-electron chi connectivity index (χ0n) is 16.4. The lowest BCUT2D eigenvalue weighted by Crippen LogP contribution is -2.38. The van der Waals surface area contributed by atoms with Crippen LogP contribution in [0.4, 0.5) is 5.69 Å². The standard InChI is InChI=1S/C22H23N3O4/c1-22(16-8-3-14(4-9-16)5-12-19(27)29-2)18(26)13-25(21(22)28)17-10-6-15(7-11-17)20(23)24/h3-4,6-11H,5,12-13H2,1-2H3,(H3,23,24). The smallest absolute Gasteiger partial charge is 0.305 e. The highest BCUT2D eigenvalue weighted by molar-refractivity contribution is 6.24. The van der Waals surface area contributed by atoms with Gasteiger partial charge in [0.25, 0.3) is 0 Å². The number of anilines is 1. The van der Waals surface area contributed by atoms with Crippen LogP contribution in [0.1, 0.15) is 30.0 Å². The number of ketones is 1. The van der Waals surface area contributed by atoms with Gasteiger partial charge in [0, 0.05) is 17.7 Å². The lowest BCUT2D eigenvalue weighted by atomic mass is 9.79. The largest absolute Gasteiger partial charge is 0.469 e. The molecule has 1 aliphatic rings. The quantitative estimate of drug-likeness (QED) is 0.337. The maximum atomic E-state index is 13.2. The topological polar surface area (TPSA) is 114 Å². The number of hydrogen-bond donors (Lipinski definition) is 2. The van der Waals surface area contributed by atoms with Crippen molar-refractivity contribution in [2.45, 2.75) is 25.2 Å². The summed E-state index contributed by atoms with van der Waals surface area (Å²) >= 11 is 0. The molecule has 1 aliphatic heterocycles. The van der Waals surface area contributed by atoms with Gasteiger partial charge >= 0.3 is 5.97 Å². The number of carbonyl (C=O) groups is 3. The minimum absolute atomic E-state index is 0.0150. The highest BCUT2D eigenvalue weighted by Crippen LogP contribution is 2.35. The number of hydrogen-bond acceptors (Lipinski definition) is 5. The number of Topliss-reactive ketones (excluding diaryl/α,β-unsaturated/α-hetero) is 1. The van der Waals surface area contributed by atoms with Gasteiger partial charge < -0.3 is 15.4 Å². The molecule has 0 saturated carbocycles. The molecule has 0 aromatic heterocycles. The number of nitrogens with two attached hydrogens (primary N) is 1. The number of nitrogen functional groups attached to an aromatic ring is 1. The first-order chi connectivity index (χ1) is 13.8. The molecule has 2 aromatic carbocycles. The van der Waals surface area contributed by atoms with Crippen LogP contribution in [0.25, 0.3) is 0 Å². The number of amidine groups is 1. The second-order valence-electron chi connectivity index (χ2n) is 7.17. The van der Waals surface area contributed by atoms with Gasteiger partial charge in [0.15, 0.2) is 5.78 Å². The first-order valence-electron chi connectivity index (χ1n) is 9.23. The number of amides is 1. The molecule has 1 fully saturated rings. The molecule has 7 nitrogen and oxygen atoms in total. The Hall–Kier alpha value is -3.48. The van der Waals surface area contributed by atoms with Gasteiger partial charge in [-0.05, 0) is 48.7 Å². The predicted molar refractivity (Wildman–Crippen MR) is 109 cm³/mol. The molecule has 7 heteroatoms. The number of methoxy groups -OCH3 is 1. The lowest BCUT2D eigenvalue weighted by molar-refractivity contribution is -0.140. The van der Waals surface area contributed by atoms with E-state index in [-0.39, 0.29) is 36.5 Å². The third-order valence-corrected chi connectivity index (χ3v) is 5.40. The Morgan fingerprint density at radius 2 is 1.76 bits per heavy atom. The van der Waals surface area contributed by atoms with E-state index in [9.17, 15) is 14.4 Å². The first kappa shape index (κ1) is 20.3. The van der Waals surface area contributed by atoms with Crippen LogP contribution in [0.15, 0.2) is 48.5 Å². The molecule has 1 saturated heterocycles. The predicted octanol–water partition coefficient (Wildman–Crippen LogP) is 1.95. The van der Waals surface area contributed by atoms with Crippen molar-refractivity contribution in [1.82, 2.24) is 0 Å². The van der Waals surface area contributed by atoms with Crippen molar-refractivity contribution in [2.75, 3.05) is 18.6 Å².